The van der Waals surface area contributed by atoms with Gasteiger partial charge in [0.25, 0.3) is 11.1 Å². The molecule has 1 aliphatic carbocycles. The molecule has 6 nitrogen and oxygen atoms in total. The summed E-state index contributed by atoms with van der Waals surface area (Å²) in [7, 11) is 0. The van der Waals surface area contributed by atoms with Crippen molar-refractivity contribution in [1.82, 2.24) is 10.2 Å². The highest BCUT2D eigenvalue weighted by Gasteiger charge is 2.12. The molecule has 1 aliphatic rings. The zero-order chi connectivity index (χ0) is 20.1. The fourth-order valence-corrected chi connectivity index (χ4v) is 4.10. The number of ether oxygens (including phenoxy) is 1. The highest BCUT2D eigenvalue weighted by Crippen LogP contribution is 2.26. The van der Waals surface area contributed by atoms with Gasteiger partial charge in [-0.25, -0.2) is 0 Å². The summed E-state index contributed by atoms with van der Waals surface area (Å²) >= 11 is 3.42. The Morgan fingerprint density at radius 1 is 1.10 bits per heavy atom. The summed E-state index contributed by atoms with van der Waals surface area (Å²) in [6, 6.07) is 13.9. The normalized spacial score (nSPS) is 13.0. The maximum Gasteiger partial charge on any atom is 0.277 e. The van der Waals surface area contributed by atoms with Crippen LogP contribution >= 0.6 is 34.4 Å². The molecule has 1 N–H and O–H groups in total. The summed E-state index contributed by atoms with van der Waals surface area (Å²) < 4.78 is 12.5. The van der Waals surface area contributed by atoms with Crippen LogP contribution in [0.25, 0.3) is 0 Å². The first-order chi connectivity index (χ1) is 14.2. The Morgan fingerprint density at radius 3 is 2.72 bits per heavy atom. The summed E-state index contributed by atoms with van der Waals surface area (Å²) in [5, 5.41) is 11.2. The second-order valence-electron chi connectivity index (χ2n) is 6.73. The number of aryl methyl sites for hydroxylation is 2. The van der Waals surface area contributed by atoms with E-state index >= 15 is 0 Å². The average Bonchev–Trinajstić information content (AvgIpc) is 3.20. The first kappa shape index (κ1) is 20.2. The third kappa shape index (κ3) is 5.72. The van der Waals surface area contributed by atoms with Gasteiger partial charge in [-0.2, -0.15) is 0 Å². The first-order valence-electron chi connectivity index (χ1n) is 9.41. The Morgan fingerprint density at radius 2 is 1.90 bits per heavy atom. The summed E-state index contributed by atoms with van der Waals surface area (Å²) in [5.74, 6) is 1.28. The average molecular weight is 521 g/mol. The summed E-state index contributed by atoms with van der Waals surface area (Å²) in [5.41, 5.74) is 3.55. The molecule has 1 amide bonds. The minimum atomic E-state index is -0.124. The number of rotatable bonds is 7. The van der Waals surface area contributed by atoms with E-state index in [0.717, 1.165) is 27.8 Å². The molecule has 0 atom stereocenters. The molecule has 0 aliphatic heterocycles. The fraction of sp³-hybridized carbons (Fsp3) is 0.286. The molecule has 150 valence electrons. The van der Waals surface area contributed by atoms with Gasteiger partial charge in [0.2, 0.25) is 5.91 Å². The van der Waals surface area contributed by atoms with E-state index in [1.165, 1.54) is 35.7 Å². The molecule has 0 saturated heterocycles. The number of hydrogen-bond acceptors (Lipinski definition) is 6. The van der Waals surface area contributed by atoms with Crippen molar-refractivity contribution in [2.45, 2.75) is 37.5 Å². The molecule has 1 heterocycles. The van der Waals surface area contributed by atoms with Crippen LogP contribution in [0.3, 0.4) is 0 Å². The van der Waals surface area contributed by atoms with Crippen molar-refractivity contribution in [2.24, 2.45) is 0 Å². The third-order valence-electron chi connectivity index (χ3n) is 4.59. The molecular weight excluding hydrogens is 501 g/mol. The number of thioether (sulfide) groups is 1. The third-order valence-corrected chi connectivity index (χ3v) is 6.12. The van der Waals surface area contributed by atoms with Gasteiger partial charge in [0.1, 0.15) is 5.75 Å². The maximum absolute atomic E-state index is 12.1. The minimum Gasteiger partial charge on any atom is -0.484 e. The second kappa shape index (κ2) is 9.62. The lowest BCUT2D eigenvalue weighted by atomic mass is 9.92. The van der Waals surface area contributed by atoms with Gasteiger partial charge in [-0.15, -0.1) is 10.2 Å². The van der Waals surface area contributed by atoms with Crippen LogP contribution in [0.2, 0.25) is 0 Å². The lowest BCUT2D eigenvalue weighted by molar-refractivity contribution is -0.113. The highest BCUT2D eigenvalue weighted by molar-refractivity contribution is 14.1. The van der Waals surface area contributed by atoms with Crippen LogP contribution in [0, 0.1) is 3.57 Å². The smallest absolute Gasteiger partial charge is 0.277 e. The van der Waals surface area contributed by atoms with Gasteiger partial charge >= 0.3 is 0 Å². The van der Waals surface area contributed by atoms with Gasteiger partial charge in [0.05, 0.1) is 5.75 Å². The number of aromatic nitrogens is 2. The van der Waals surface area contributed by atoms with Crippen LogP contribution < -0.4 is 10.1 Å². The van der Waals surface area contributed by atoms with Gasteiger partial charge in [0.15, 0.2) is 6.61 Å². The molecule has 0 saturated carbocycles. The standard InChI is InChI=1S/C21H20IN3O3S/c22-16-6-8-17(9-7-16)23-19(26)13-29-21-25-24-20(28-21)12-27-18-10-5-14-3-1-2-4-15(14)11-18/h5-11H,1-4,12-13H2,(H,23,26). The van der Waals surface area contributed by atoms with Crippen molar-refractivity contribution in [3.8, 4) is 5.75 Å². The second-order valence-corrected chi connectivity index (χ2v) is 8.90. The van der Waals surface area contributed by atoms with E-state index in [2.05, 4.69) is 50.2 Å². The van der Waals surface area contributed by atoms with Crippen molar-refractivity contribution >= 4 is 45.9 Å². The van der Waals surface area contributed by atoms with Gasteiger partial charge in [0, 0.05) is 9.26 Å². The Kier molecular flexibility index (Phi) is 6.70. The number of carbonyl (C=O) groups is 1. The number of carbonyl (C=O) groups excluding carboxylic acids is 1. The summed E-state index contributed by atoms with van der Waals surface area (Å²) in [6.07, 6.45) is 4.76. The van der Waals surface area contributed by atoms with Crippen molar-refractivity contribution < 1.29 is 13.9 Å². The van der Waals surface area contributed by atoms with E-state index in [9.17, 15) is 4.79 Å². The molecule has 0 bridgehead atoms. The van der Waals surface area contributed by atoms with E-state index in [-0.39, 0.29) is 18.3 Å². The Balaban J connectivity index is 1.25. The van der Waals surface area contributed by atoms with E-state index < -0.39 is 0 Å². The van der Waals surface area contributed by atoms with E-state index in [1.54, 1.807) is 0 Å². The van der Waals surface area contributed by atoms with Crippen LogP contribution in [0.4, 0.5) is 5.69 Å². The van der Waals surface area contributed by atoms with Gasteiger partial charge < -0.3 is 14.5 Å². The quantitative estimate of drug-likeness (QED) is 0.354. The maximum atomic E-state index is 12.1. The van der Waals surface area contributed by atoms with Crippen LogP contribution in [0.5, 0.6) is 5.75 Å². The largest absolute Gasteiger partial charge is 0.484 e. The van der Waals surface area contributed by atoms with Crippen LogP contribution in [0.1, 0.15) is 29.9 Å². The molecule has 3 aromatic rings. The number of anilines is 1. The Labute approximate surface area is 187 Å². The van der Waals surface area contributed by atoms with Crippen molar-refractivity contribution in [3.05, 3.63) is 63.1 Å². The Bertz CT molecular complexity index is 991. The topological polar surface area (TPSA) is 77.2 Å². The monoisotopic (exact) mass is 521 g/mol. The molecule has 0 fully saturated rings. The van der Waals surface area contributed by atoms with E-state index in [0.29, 0.717) is 11.1 Å². The zero-order valence-electron chi connectivity index (χ0n) is 15.7. The summed E-state index contributed by atoms with van der Waals surface area (Å²) in [4.78, 5) is 12.1. The molecule has 29 heavy (non-hydrogen) atoms. The first-order valence-corrected chi connectivity index (χ1v) is 11.5. The number of amides is 1. The predicted octanol–water partition coefficient (Wildman–Crippen LogP) is 4.86. The molecular formula is C21H20IN3O3S. The highest BCUT2D eigenvalue weighted by atomic mass is 127. The number of halogens is 1. The van der Waals surface area contributed by atoms with Crippen molar-refractivity contribution in [1.29, 1.82) is 0 Å². The van der Waals surface area contributed by atoms with E-state index in [1.807, 2.05) is 30.3 Å². The molecule has 2 aromatic carbocycles. The number of nitrogens with zero attached hydrogens (tertiary/aromatic N) is 2. The zero-order valence-corrected chi connectivity index (χ0v) is 18.7. The number of hydrogen-bond donors (Lipinski definition) is 1. The van der Waals surface area contributed by atoms with Gasteiger partial charge in [-0.3, -0.25) is 4.79 Å². The Hall–Kier alpha value is -2.07. The van der Waals surface area contributed by atoms with Crippen molar-refractivity contribution in [2.75, 3.05) is 11.1 Å². The number of nitrogens with one attached hydrogen (secondary N) is 1. The molecule has 4 rings (SSSR count). The molecule has 1 aromatic heterocycles. The summed E-state index contributed by atoms with van der Waals surface area (Å²) in [6.45, 7) is 0.210. The fourth-order valence-electron chi connectivity index (χ4n) is 3.16. The molecule has 0 spiro atoms. The minimum absolute atomic E-state index is 0.124. The molecule has 0 radical (unpaired) electrons. The van der Waals surface area contributed by atoms with Gasteiger partial charge in [-0.05, 0) is 95.8 Å². The van der Waals surface area contributed by atoms with Crippen LogP contribution in [-0.4, -0.2) is 21.9 Å². The van der Waals surface area contributed by atoms with E-state index in [4.69, 9.17) is 9.15 Å². The predicted molar refractivity (Wildman–Crippen MR) is 120 cm³/mol. The van der Waals surface area contributed by atoms with Crippen molar-refractivity contribution in [3.63, 3.8) is 0 Å². The van der Waals surface area contributed by atoms with Gasteiger partial charge in [-0.1, -0.05) is 17.8 Å². The van der Waals surface area contributed by atoms with Crippen LogP contribution in [-0.2, 0) is 24.2 Å². The lowest BCUT2D eigenvalue weighted by Gasteiger charge is -2.16. The number of benzene rings is 2. The lowest BCUT2D eigenvalue weighted by Crippen LogP contribution is -2.13. The molecule has 0 unspecified atom stereocenters. The number of fused-ring (bicyclic) bond motifs is 1. The molecule has 8 heteroatoms. The van der Waals surface area contributed by atoms with Crippen LogP contribution in [0.15, 0.2) is 52.1 Å². The SMILES string of the molecule is O=C(CSc1nnc(COc2ccc3c(c2)CCCC3)o1)Nc1ccc(I)cc1.